The molecule has 0 saturated heterocycles. The molecule has 1 aromatic carbocycles. The average molecular weight is 807 g/mol. The van der Waals surface area contributed by atoms with Crippen LogP contribution in [0.3, 0.4) is 0 Å². The topological polar surface area (TPSA) is 296 Å². The number of methoxy groups -OCH3 is 1. The standard InChI is InChI=1S/C38H62N8O11/c1-9-22(6)32(37(55)46-31(21(4)5)38(56)57-8)45-30(50)18-40-33(51)26(16-24-13-11-10-12-14-24)43-35(53)27(17-29(39)49)44-34(52)25(15-20(2)3)42-36(54)28(19-47)41-23(7)48/h10-14,20-22,25-28,30-32,45,47,50H,9,15-19H2,1-8H3,(H2,39,49)(H,40,51)(H,41,48)(H,42,54)(H,43,53)(H,44,52)(H,46,55)/t22-,25-,26-,27-,28-,30?,31-,32-/m0/s1. The molecule has 19 nitrogen and oxygen atoms in total. The van der Waals surface area contributed by atoms with Crippen LogP contribution in [0.15, 0.2) is 30.3 Å². The summed E-state index contributed by atoms with van der Waals surface area (Å²) in [5.41, 5.74) is 6.05. The van der Waals surface area contributed by atoms with Gasteiger partial charge in [0.2, 0.25) is 41.4 Å². The lowest BCUT2D eigenvalue weighted by atomic mass is 9.96. The number of rotatable bonds is 25. The molecule has 7 amide bonds. The fourth-order valence-electron chi connectivity index (χ4n) is 5.62. The molecule has 1 unspecified atom stereocenters. The number of benzene rings is 1. The first-order valence-corrected chi connectivity index (χ1v) is 19.0. The van der Waals surface area contributed by atoms with Gasteiger partial charge in [-0.25, -0.2) is 4.79 Å². The molecule has 0 radical (unpaired) electrons. The summed E-state index contributed by atoms with van der Waals surface area (Å²) < 4.78 is 4.81. The van der Waals surface area contributed by atoms with Crippen LogP contribution >= 0.6 is 0 Å². The zero-order valence-corrected chi connectivity index (χ0v) is 34.0. The van der Waals surface area contributed by atoms with Gasteiger partial charge in [0.1, 0.15) is 36.4 Å². The summed E-state index contributed by atoms with van der Waals surface area (Å²) in [7, 11) is 1.21. The van der Waals surface area contributed by atoms with Crippen LogP contribution in [-0.2, 0) is 49.5 Å². The number of carbonyl (C=O) groups is 8. The van der Waals surface area contributed by atoms with Gasteiger partial charge in [-0.2, -0.15) is 0 Å². The van der Waals surface area contributed by atoms with Gasteiger partial charge in [0, 0.05) is 13.3 Å². The molecule has 1 aromatic rings. The van der Waals surface area contributed by atoms with Crippen molar-refractivity contribution in [3.8, 4) is 0 Å². The van der Waals surface area contributed by atoms with Crippen molar-refractivity contribution in [3.63, 3.8) is 0 Å². The number of primary amides is 1. The first-order chi connectivity index (χ1) is 26.7. The second-order valence-corrected chi connectivity index (χ2v) is 14.7. The van der Waals surface area contributed by atoms with Crippen LogP contribution in [0.25, 0.3) is 0 Å². The van der Waals surface area contributed by atoms with Gasteiger partial charge in [-0.15, -0.1) is 0 Å². The number of aliphatic hydroxyl groups is 2. The lowest BCUT2D eigenvalue weighted by molar-refractivity contribution is -0.147. The third kappa shape index (κ3) is 18.1. The summed E-state index contributed by atoms with van der Waals surface area (Å²) in [5, 5.41) is 38.3. The molecule has 0 saturated carbocycles. The number of carbonyl (C=O) groups excluding carboxylic acids is 8. The van der Waals surface area contributed by atoms with Crippen LogP contribution in [0.5, 0.6) is 0 Å². The summed E-state index contributed by atoms with van der Waals surface area (Å²) >= 11 is 0. The Labute approximate surface area is 333 Å². The molecule has 57 heavy (non-hydrogen) atoms. The summed E-state index contributed by atoms with van der Waals surface area (Å²) in [4.78, 5) is 103. The largest absolute Gasteiger partial charge is 0.467 e. The zero-order chi connectivity index (χ0) is 43.4. The van der Waals surface area contributed by atoms with Gasteiger partial charge in [-0.05, 0) is 29.7 Å². The summed E-state index contributed by atoms with van der Waals surface area (Å²) in [6.07, 6.45) is -1.61. The Morgan fingerprint density at radius 1 is 0.737 bits per heavy atom. The highest BCUT2D eigenvalue weighted by atomic mass is 16.5. The Kier molecular flexibility index (Phi) is 22.0. The van der Waals surface area contributed by atoms with Crippen molar-refractivity contribution in [1.29, 1.82) is 0 Å². The van der Waals surface area contributed by atoms with Crippen molar-refractivity contribution in [1.82, 2.24) is 37.2 Å². The zero-order valence-electron chi connectivity index (χ0n) is 34.0. The van der Waals surface area contributed by atoms with Crippen LogP contribution in [0.4, 0.5) is 0 Å². The predicted octanol–water partition coefficient (Wildman–Crippen LogP) is -2.15. The minimum Gasteiger partial charge on any atom is -0.467 e. The predicted molar refractivity (Wildman–Crippen MR) is 208 cm³/mol. The normalized spacial score (nSPS) is 15.4. The van der Waals surface area contributed by atoms with E-state index in [1.54, 1.807) is 65.0 Å². The molecule has 0 aromatic heterocycles. The molecule has 0 aliphatic rings. The minimum atomic E-state index is -1.60. The van der Waals surface area contributed by atoms with Gasteiger partial charge < -0.3 is 52.6 Å². The highest BCUT2D eigenvalue weighted by Crippen LogP contribution is 2.12. The summed E-state index contributed by atoms with van der Waals surface area (Å²) in [6, 6.07) is 1.16. The van der Waals surface area contributed by atoms with Crippen molar-refractivity contribution in [2.75, 3.05) is 20.3 Å². The number of hydrogen-bond acceptors (Lipinski definition) is 12. The molecule has 0 fully saturated rings. The van der Waals surface area contributed by atoms with Crippen molar-refractivity contribution < 1.29 is 53.3 Å². The number of nitrogens with one attached hydrogen (secondary N) is 7. The van der Waals surface area contributed by atoms with E-state index in [2.05, 4.69) is 37.2 Å². The third-order valence-corrected chi connectivity index (χ3v) is 8.93. The Hall–Kier alpha value is -5.14. The highest BCUT2D eigenvalue weighted by molar-refractivity contribution is 5.97. The lowest BCUT2D eigenvalue weighted by Gasteiger charge is -2.29. The van der Waals surface area contributed by atoms with E-state index in [1.165, 1.54) is 7.11 Å². The van der Waals surface area contributed by atoms with Crippen molar-refractivity contribution >= 4 is 47.3 Å². The number of amides is 7. The number of aliphatic hydroxyl groups excluding tert-OH is 2. The van der Waals surface area contributed by atoms with Gasteiger partial charge >= 0.3 is 5.97 Å². The quantitative estimate of drug-likeness (QED) is 0.0374. The molecule has 11 N–H and O–H groups in total. The number of esters is 1. The third-order valence-electron chi connectivity index (χ3n) is 8.93. The summed E-state index contributed by atoms with van der Waals surface area (Å²) in [5.74, 6) is -6.97. The lowest BCUT2D eigenvalue weighted by Crippen LogP contribution is -2.60. The SMILES string of the molecule is CC[C@H](C)[C@H](NC(O)CNC(=O)[C@H](Cc1ccccc1)NC(=O)[C@H](CC(N)=O)NC(=O)[C@H](CC(C)C)NC(=O)[C@H](CO)NC(C)=O)C(=O)N[C@H](C(=O)OC)C(C)C. The fraction of sp³-hybridized carbons (Fsp3) is 0.632. The van der Waals surface area contributed by atoms with E-state index in [1.807, 2.05) is 6.92 Å². The monoisotopic (exact) mass is 806 g/mol. The van der Waals surface area contributed by atoms with E-state index >= 15 is 0 Å². The number of ether oxygens (including phenoxy) is 1. The molecule has 320 valence electrons. The van der Waals surface area contributed by atoms with E-state index in [0.717, 1.165) is 6.92 Å². The molecule has 19 heteroatoms. The van der Waals surface area contributed by atoms with E-state index in [9.17, 15) is 48.6 Å². The molecule has 0 aliphatic heterocycles. The van der Waals surface area contributed by atoms with Gasteiger partial charge in [0.25, 0.3) is 0 Å². The van der Waals surface area contributed by atoms with Crippen LogP contribution < -0.4 is 43.0 Å². The Morgan fingerprint density at radius 2 is 1.30 bits per heavy atom. The smallest absolute Gasteiger partial charge is 0.328 e. The maximum atomic E-state index is 13.7. The van der Waals surface area contributed by atoms with E-state index in [-0.39, 0.29) is 30.6 Å². The Morgan fingerprint density at radius 3 is 1.81 bits per heavy atom. The van der Waals surface area contributed by atoms with E-state index in [0.29, 0.717) is 12.0 Å². The van der Waals surface area contributed by atoms with Crippen molar-refractivity contribution in [2.45, 2.75) is 117 Å². The van der Waals surface area contributed by atoms with Crippen LogP contribution in [-0.4, -0.2) is 120 Å². The van der Waals surface area contributed by atoms with Crippen molar-refractivity contribution in [3.05, 3.63) is 35.9 Å². The van der Waals surface area contributed by atoms with Crippen molar-refractivity contribution in [2.24, 2.45) is 23.5 Å². The Bertz CT molecular complexity index is 1510. The molecule has 0 aliphatic carbocycles. The minimum absolute atomic E-state index is 0.0566. The second kappa shape index (κ2) is 25.2. The van der Waals surface area contributed by atoms with Crippen LogP contribution in [0, 0.1) is 17.8 Å². The van der Waals surface area contributed by atoms with Gasteiger partial charge in [0.05, 0.1) is 32.7 Å². The average Bonchev–Trinajstić information content (AvgIpc) is 3.15. The molecule has 0 heterocycles. The number of hydrogen-bond donors (Lipinski definition) is 10. The molecule has 0 spiro atoms. The maximum Gasteiger partial charge on any atom is 0.328 e. The van der Waals surface area contributed by atoms with Gasteiger partial charge in [-0.3, -0.25) is 38.9 Å². The first kappa shape index (κ1) is 49.9. The summed E-state index contributed by atoms with van der Waals surface area (Å²) in [6.45, 7) is 10.6. The Balaban J connectivity index is 3.26. The molecular weight excluding hydrogens is 744 g/mol. The molecular formula is C38H62N8O11. The van der Waals surface area contributed by atoms with Crippen LogP contribution in [0.1, 0.15) is 73.3 Å². The van der Waals surface area contributed by atoms with E-state index < -0.39 is 109 Å². The molecule has 8 atom stereocenters. The number of nitrogens with two attached hydrogens (primary N) is 1. The fourth-order valence-corrected chi connectivity index (χ4v) is 5.62. The van der Waals surface area contributed by atoms with Gasteiger partial charge in [0.15, 0.2) is 0 Å². The highest BCUT2D eigenvalue weighted by Gasteiger charge is 2.34. The van der Waals surface area contributed by atoms with Crippen LogP contribution in [0.2, 0.25) is 0 Å². The molecule has 0 bridgehead atoms. The molecule has 1 rings (SSSR count). The maximum absolute atomic E-state index is 13.7. The van der Waals surface area contributed by atoms with Gasteiger partial charge in [-0.1, -0.05) is 78.3 Å². The van der Waals surface area contributed by atoms with E-state index in [4.69, 9.17) is 10.5 Å². The second-order valence-electron chi connectivity index (χ2n) is 14.7. The first-order valence-electron chi connectivity index (χ1n) is 19.0.